The van der Waals surface area contributed by atoms with Crippen LogP contribution >= 0.6 is 0 Å². The van der Waals surface area contributed by atoms with E-state index in [1.54, 1.807) is 24.3 Å². The fourth-order valence-corrected chi connectivity index (χ4v) is 8.57. The maximum atomic E-state index is 14.7. The third kappa shape index (κ3) is 3.95. The summed E-state index contributed by atoms with van der Waals surface area (Å²) in [5.41, 5.74) is 7.02. The van der Waals surface area contributed by atoms with Crippen molar-refractivity contribution in [1.82, 2.24) is 0 Å². The smallest absolute Gasteiger partial charge is 0.315 e. The van der Waals surface area contributed by atoms with Crippen LogP contribution in [0.4, 0.5) is 0 Å². The lowest BCUT2D eigenvalue weighted by Gasteiger charge is -2.50. The molecule has 5 nitrogen and oxygen atoms in total. The molecule has 9 rings (SSSR count). The number of rotatable bonds is 4. The molecule has 6 aromatic carbocycles. The average Bonchev–Trinajstić information content (AvgIpc) is 3.04. The molecule has 3 aliphatic rings. The number of aryl methyl sites for hydroxylation is 1. The van der Waals surface area contributed by atoms with E-state index >= 15 is 0 Å². The molecule has 0 saturated carbocycles. The molecular weight excluding hydrogens is 568 g/mol. The summed E-state index contributed by atoms with van der Waals surface area (Å²) in [6.45, 7) is 2.14. The normalized spacial score (nSPS) is 20.3. The zero-order valence-electron chi connectivity index (χ0n) is 23.8. The molecular formula is C38H28O5S. The van der Waals surface area contributed by atoms with Crippen LogP contribution < -0.4 is 4.74 Å². The number of carbonyl (C=O) groups is 1. The van der Waals surface area contributed by atoms with Gasteiger partial charge in [0.15, 0.2) is 0 Å². The van der Waals surface area contributed by atoms with Crippen LogP contribution in [0.5, 0.6) is 5.75 Å². The van der Waals surface area contributed by atoms with E-state index in [0.29, 0.717) is 10.8 Å². The number of fused-ring (bicyclic) bond motifs is 3. The Balaban J connectivity index is 1.34. The predicted octanol–water partition coefficient (Wildman–Crippen LogP) is 8.14. The Kier molecular flexibility index (Phi) is 6.02. The second-order valence-corrected chi connectivity index (χ2v) is 13.2. The van der Waals surface area contributed by atoms with Crippen LogP contribution in [0.15, 0.2) is 126 Å². The molecule has 2 unspecified atom stereocenters. The highest BCUT2D eigenvalue weighted by Gasteiger charge is 2.54. The SMILES string of the molecule is Cc1c(C2C3c4ccccc4C(c4ccccc43)C2C(=O)Oc2ccc(S(=O)(=O)O)c3ccccc23)ccc2ccccc12. The average molecular weight is 597 g/mol. The van der Waals surface area contributed by atoms with Gasteiger partial charge in [0, 0.05) is 28.5 Å². The number of carbonyl (C=O) groups excluding carboxylic acids is 1. The maximum absolute atomic E-state index is 14.7. The summed E-state index contributed by atoms with van der Waals surface area (Å²) in [5, 5.41) is 3.05. The Hall–Kier alpha value is -4.78. The summed E-state index contributed by atoms with van der Waals surface area (Å²) in [6, 6.07) is 39.0. The van der Waals surface area contributed by atoms with Crippen molar-refractivity contribution < 1.29 is 22.5 Å². The van der Waals surface area contributed by atoms with E-state index in [4.69, 9.17) is 4.74 Å². The van der Waals surface area contributed by atoms with Crippen LogP contribution in [0.2, 0.25) is 0 Å². The fourth-order valence-electron chi connectivity index (χ4n) is 7.87. The van der Waals surface area contributed by atoms with Crippen molar-refractivity contribution in [3.8, 4) is 5.75 Å². The summed E-state index contributed by atoms with van der Waals surface area (Å²) in [5.74, 6) is -1.11. The number of benzene rings is 6. The molecule has 2 bridgehead atoms. The maximum Gasteiger partial charge on any atom is 0.315 e. The second kappa shape index (κ2) is 9.88. The lowest BCUT2D eigenvalue weighted by Crippen LogP contribution is -2.44. The van der Waals surface area contributed by atoms with Crippen LogP contribution in [0.25, 0.3) is 21.5 Å². The zero-order chi connectivity index (χ0) is 30.2. The predicted molar refractivity (Wildman–Crippen MR) is 171 cm³/mol. The first-order valence-corrected chi connectivity index (χ1v) is 16.1. The topological polar surface area (TPSA) is 80.7 Å². The van der Waals surface area contributed by atoms with Crippen LogP contribution in [-0.2, 0) is 14.9 Å². The fraction of sp³-hybridized carbons (Fsp3) is 0.132. The van der Waals surface area contributed by atoms with Gasteiger partial charge in [-0.15, -0.1) is 0 Å². The molecule has 0 aromatic heterocycles. The third-order valence-electron chi connectivity index (χ3n) is 9.64. The van der Waals surface area contributed by atoms with Crippen molar-refractivity contribution in [2.75, 3.05) is 0 Å². The minimum absolute atomic E-state index is 0.0523. The molecule has 6 aromatic rings. The Morgan fingerprint density at radius 2 is 1.16 bits per heavy atom. The van der Waals surface area contributed by atoms with Gasteiger partial charge in [0.05, 0.1) is 5.92 Å². The summed E-state index contributed by atoms with van der Waals surface area (Å²) in [7, 11) is -4.48. The molecule has 1 N–H and O–H groups in total. The van der Waals surface area contributed by atoms with Crippen molar-refractivity contribution >= 4 is 37.6 Å². The Morgan fingerprint density at radius 3 is 1.80 bits per heavy atom. The monoisotopic (exact) mass is 596 g/mol. The molecule has 44 heavy (non-hydrogen) atoms. The molecule has 0 radical (unpaired) electrons. The van der Waals surface area contributed by atoms with E-state index in [-0.39, 0.29) is 34.4 Å². The Labute approximate surface area is 255 Å². The van der Waals surface area contributed by atoms with Crippen molar-refractivity contribution in [1.29, 1.82) is 0 Å². The van der Waals surface area contributed by atoms with Gasteiger partial charge in [0.25, 0.3) is 10.1 Å². The van der Waals surface area contributed by atoms with Crippen molar-refractivity contribution in [3.05, 3.63) is 155 Å². The standard InChI is InChI=1S/C38H28O5S/c1-22-24-11-3-2-10-23(24)18-19-25(22)36-34-28-14-6-8-16-30(28)35(31-17-9-7-15-29(31)34)37(36)38(39)43-32-20-21-33(44(40,41)42)27-13-5-4-12-26(27)32/h2-21,34-37H,1H3,(H,40,41,42). The third-order valence-corrected chi connectivity index (χ3v) is 10.6. The first-order valence-electron chi connectivity index (χ1n) is 14.7. The molecule has 6 heteroatoms. The van der Waals surface area contributed by atoms with Crippen LogP contribution in [0.1, 0.15) is 51.1 Å². The van der Waals surface area contributed by atoms with Crippen LogP contribution in [0.3, 0.4) is 0 Å². The molecule has 0 aliphatic heterocycles. The minimum atomic E-state index is -4.48. The molecule has 0 heterocycles. The highest BCUT2D eigenvalue weighted by atomic mass is 32.2. The van der Waals surface area contributed by atoms with Gasteiger partial charge >= 0.3 is 5.97 Å². The van der Waals surface area contributed by atoms with Gasteiger partial charge < -0.3 is 4.74 Å². The van der Waals surface area contributed by atoms with E-state index in [0.717, 1.165) is 33.0 Å². The van der Waals surface area contributed by atoms with E-state index in [1.807, 2.05) is 24.3 Å². The number of hydrogen-bond donors (Lipinski definition) is 1. The Morgan fingerprint density at radius 1 is 0.614 bits per heavy atom. The molecule has 3 aliphatic carbocycles. The van der Waals surface area contributed by atoms with Gasteiger partial charge in [0.1, 0.15) is 10.6 Å². The largest absolute Gasteiger partial charge is 0.426 e. The molecule has 0 amide bonds. The van der Waals surface area contributed by atoms with E-state index in [9.17, 15) is 17.8 Å². The molecule has 0 saturated heterocycles. The lowest BCUT2D eigenvalue weighted by atomic mass is 9.52. The quantitative estimate of drug-likeness (QED) is 0.126. The highest BCUT2D eigenvalue weighted by molar-refractivity contribution is 7.86. The molecule has 2 atom stereocenters. The van der Waals surface area contributed by atoms with Gasteiger partial charge in [-0.25, -0.2) is 0 Å². The van der Waals surface area contributed by atoms with Gasteiger partial charge in [-0.1, -0.05) is 109 Å². The molecule has 216 valence electrons. The minimum Gasteiger partial charge on any atom is -0.426 e. The Bertz CT molecular complexity index is 2210. The summed E-state index contributed by atoms with van der Waals surface area (Å²) in [4.78, 5) is 14.4. The molecule has 0 spiro atoms. The highest BCUT2D eigenvalue weighted by Crippen LogP contribution is 2.62. The zero-order valence-corrected chi connectivity index (χ0v) is 24.7. The van der Waals surface area contributed by atoms with Crippen LogP contribution in [0, 0.1) is 12.8 Å². The van der Waals surface area contributed by atoms with Crippen molar-refractivity contribution in [3.63, 3.8) is 0 Å². The van der Waals surface area contributed by atoms with E-state index < -0.39 is 16.0 Å². The lowest BCUT2D eigenvalue weighted by molar-refractivity contribution is -0.141. The number of esters is 1. The molecule has 0 fully saturated rings. The second-order valence-electron chi connectivity index (χ2n) is 11.8. The number of hydrogen-bond acceptors (Lipinski definition) is 4. The van der Waals surface area contributed by atoms with Crippen LogP contribution in [-0.4, -0.2) is 18.9 Å². The van der Waals surface area contributed by atoms with Gasteiger partial charge in [0.2, 0.25) is 0 Å². The number of ether oxygens (including phenoxy) is 1. The van der Waals surface area contributed by atoms with E-state index in [1.165, 1.54) is 23.3 Å². The van der Waals surface area contributed by atoms with Gasteiger partial charge in [-0.3, -0.25) is 9.35 Å². The first-order chi connectivity index (χ1) is 21.3. The van der Waals surface area contributed by atoms with E-state index in [2.05, 4.69) is 67.6 Å². The van der Waals surface area contributed by atoms with Crippen molar-refractivity contribution in [2.45, 2.75) is 29.6 Å². The van der Waals surface area contributed by atoms with Crippen molar-refractivity contribution in [2.24, 2.45) is 5.92 Å². The van der Waals surface area contributed by atoms with Gasteiger partial charge in [-0.05, 0) is 63.2 Å². The summed E-state index contributed by atoms with van der Waals surface area (Å²) < 4.78 is 40.4. The summed E-state index contributed by atoms with van der Waals surface area (Å²) >= 11 is 0. The van der Waals surface area contributed by atoms with Gasteiger partial charge in [-0.2, -0.15) is 8.42 Å². The first kappa shape index (κ1) is 26.8. The summed E-state index contributed by atoms with van der Waals surface area (Å²) in [6.07, 6.45) is 0.